The molecule has 3 aromatic carbocycles. The van der Waals surface area contributed by atoms with E-state index in [1.54, 1.807) is 42.3 Å². The summed E-state index contributed by atoms with van der Waals surface area (Å²) < 4.78 is 5.81. The van der Waals surface area contributed by atoms with Crippen LogP contribution in [-0.2, 0) is 0 Å². The summed E-state index contributed by atoms with van der Waals surface area (Å²) in [4.78, 5) is 27.1. The molecule has 0 aliphatic carbocycles. The van der Waals surface area contributed by atoms with Crippen molar-refractivity contribution in [1.29, 1.82) is 0 Å². The second-order valence-electron chi connectivity index (χ2n) is 7.28. The summed E-state index contributed by atoms with van der Waals surface area (Å²) in [6, 6.07) is 23.6. The summed E-state index contributed by atoms with van der Waals surface area (Å²) in [5.74, 6) is 0.217. The number of benzene rings is 3. The molecule has 0 fully saturated rings. The van der Waals surface area contributed by atoms with Gasteiger partial charge in [0.05, 0.1) is 12.2 Å². The van der Waals surface area contributed by atoms with E-state index in [0.717, 1.165) is 24.9 Å². The number of para-hydroxylation sites is 2. The number of amides is 2. The average molecular weight is 417 g/mol. The predicted molar refractivity (Wildman–Crippen MR) is 125 cm³/mol. The average Bonchev–Trinajstić information content (AvgIpc) is 2.82. The molecule has 0 spiro atoms. The van der Waals surface area contributed by atoms with Gasteiger partial charge in [-0.3, -0.25) is 9.59 Å². The van der Waals surface area contributed by atoms with Crippen molar-refractivity contribution >= 4 is 23.2 Å². The van der Waals surface area contributed by atoms with Gasteiger partial charge < -0.3 is 15.0 Å². The van der Waals surface area contributed by atoms with E-state index >= 15 is 0 Å². The van der Waals surface area contributed by atoms with Gasteiger partial charge in [0.15, 0.2) is 0 Å². The number of rotatable bonds is 9. The number of anilines is 2. The highest BCUT2D eigenvalue weighted by Crippen LogP contribution is 2.21. The van der Waals surface area contributed by atoms with Crippen LogP contribution in [-0.4, -0.2) is 25.5 Å². The van der Waals surface area contributed by atoms with Crippen molar-refractivity contribution in [1.82, 2.24) is 0 Å². The molecule has 31 heavy (non-hydrogen) atoms. The lowest BCUT2D eigenvalue weighted by atomic mass is 10.1. The highest BCUT2D eigenvalue weighted by Gasteiger charge is 2.15. The first-order valence-corrected chi connectivity index (χ1v) is 10.6. The van der Waals surface area contributed by atoms with Crippen molar-refractivity contribution in [2.75, 3.05) is 23.9 Å². The number of ether oxygens (including phenoxy) is 1. The van der Waals surface area contributed by atoms with Crippen LogP contribution >= 0.6 is 0 Å². The van der Waals surface area contributed by atoms with Gasteiger partial charge in [0.2, 0.25) is 0 Å². The van der Waals surface area contributed by atoms with Crippen LogP contribution in [0.25, 0.3) is 0 Å². The number of carbonyl (C=O) groups excluding carboxylic acids is 2. The predicted octanol–water partition coefficient (Wildman–Crippen LogP) is 5.78. The van der Waals surface area contributed by atoms with Crippen molar-refractivity contribution in [3.05, 3.63) is 90.0 Å². The second kappa shape index (κ2) is 11.0. The molecule has 0 heterocycles. The standard InChI is InChI=1S/C26H28N2O3/c1-3-4-10-19-31-24-14-9-8-13-23(24)25(29)27-21-17-15-20(16-18-21)26(30)28(2)22-11-6-5-7-12-22/h5-9,11-18H,3-4,10,19H2,1-2H3,(H,27,29). The van der Waals surface area contributed by atoms with Crippen LogP contribution in [0.5, 0.6) is 5.75 Å². The first kappa shape index (κ1) is 22.1. The van der Waals surface area contributed by atoms with E-state index in [-0.39, 0.29) is 11.8 Å². The monoisotopic (exact) mass is 416 g/mol. The molecule has 0 aliphatic heterocycles. The Balaban J connectivity index is 1.65. The maximum Gasteiger partial charge on any atom is 0.259 e. The van der Waals surface area contributed by atoms with Crippen molar-refractivity contribution < 1.29 is 14.3 Å². The number of carbonyl (C=O) groups is 2. The molecule has 0 aliphatic rings. The quantitative estimate of drug-likeness (QED) is 0.450. The van der Waals surface area contributed by atoms with Gasteiger partial charge in [0, 0.05) is 24.0 Å². The van der Waals surface area contributed by atoms with E-state index in [1.807, 2.05) is 48.5 Å². The molecule has 1 N–H and O–H groups in total. The Kier molecular flexibility index (Phi) is 7.82. The van der Waals surface area contributed by atoms with E-state index in [1.165, 1.54) is 0 Å². The van der Waals surface area contributed by atoms with Gasteiger partial charge in [0.1, 0.15) is 5.75 Å². The van der Waals surface area contributed by atoms with E-state index in [0.29, 0.717) is 29.2 Å². The number of nitrogens with one attached hydrogen (secondary N) is 1. The molecular weight excluding hydrogens is 388 g/mol. The van der Waals surface area contributed by atoms with Gasteiger partial charge in [-0.25, -0.2) is 0 Å². The SMILES string of the molecule is CCCCCOc1ccccc1C(=O)Nc1ccc(C(=O)N(C)c2ccccc2)cc1. The van der Waals surface area contributed by atoms with Crippen molar-refractivity contribution in [3.8, 4) is 5.75 Å². The van der Waals surface area contributed by atoms with Gasteiger partial charge in [-0.05, 0) is 55.0 Å². The van der Waals surface area contributed by atoms with Crippen molar-refractivity contribution in [3.63, 3.8) is 0 Å². The highest BCUT2D eigenvalue weighted by atomic mass is 16.5. The summed E-state index contributed by atoms with van der Waals surface area (Å²) in [5, 5.41) is 2.88. The summed E-state index contributed by atoms with van der Waals surface area (Å²) >= 11 is 0. The summed E-state index contributed by atoms with van der Waals surface area (Å²) in [5.41, 5.74) is 2.47. The molecule has 160 valence electrons. The Morgan fingerprint density at radius 3 is 2.26 bits per heavy atom. The number of nitrogens with zero attached hydrogens (tertiary/aromatic N) is 1. The van der Waals surface area contributed by atoms with Crippen molar-refractivity contribution in [2.45, 2.75) is 26.2 Å². The van der Waals surface area contributed by atoms with E-state index < -0.39 is 0 Å². The third kappa shape index (κ3) is 5.95. The van der Waals surface area contributed by atoms with Crippen LogP contribution in [0.2, 0.25) is 0 Å². The Labute approximate surface area is 183 Å². The fourth-order valence-electron chi connectivity index (χ4n) is 3.17. The Morgan fingerprint density at radius 2 is 1.55 bits per heavy atom. The van der Waals surface area contributed by atoms with Crippen LogP contribution in [0.15, 0.2) is 78.9 Å². The first-order chi connectivity index (χ1) is 15.1. The number of hydrogen-bond acceptors (Lipinski definition) is 3. The van der Waals surface area contributed by atoms with Crippen LogP contribution < -0.4 is 15.0 Å². The minimum Gasteiger partial charge on any atom is -0.493 e. The second-order valence-corrected chi connectivity index (χ2v) is 7.28. The molecule has 5 nitrogen and oxygen atoms in total. The summed E-state index contributed by atoms with van der Waals surface area (Å²) in [6.45, 7) is 2.73. The maximum absolute atomic E-state index is 12.8. The van der Waals surface area contributed by atoms with Crippen LogP contribution in [0.1, 0.15) is 46.9 Å². The Morgan fingerprint density at radius 1 is 0.871 bits per heavy atom. The minimum atomic E-state index is -0.244. The lowest BCUT2D eigenvalue weighted by Crippen LogP contribution is -2.26. The molecule has 2 amide bonds. The molecule has 0 atom stereocenters. The molecule has 3 aromatic rings. The van der Waals surface area contributed by atoms with Gasteiger partial charge in [-0.15, -0.1) is 0 Å². The maximum atomic E-state index is 12.8. The van der Waals surface area contributed by atoms with Crippen LogP contribution in [0.4, 0.5) is 11.4 Å². The molecular formula is C26H28N2O3. The molecule has 0 bridgehead atoms. The zero-order valence-electron chi connectivity index (χ0n) is 18.0. The number of hydrogen-bond donors (Lipinski definition) is 1. The van der Waals surface area contributed by atoms with Gasteiger partial charge in [-0.1, -0.05) is 50.1 Å². The molecule has 0 saturated carbocycles. The molecule has 0 radical (unpaired) electrons. The molecule has 0 saturated heterocycles. The van der Waals surface area contributed by atoms with E-state index in [2.05, 4.69) is 12.2 Å². The van der Waals surface area contributed by atoms with Crippen molar-refractivity contribution in [2.24, 2.45) is 0 Å². The molecule has 0 aromatic heterocycles. The Bertz CT molecular complexity index is 1000. The van der Waals surface area contributed by atoms with E-state index in [9.17, 15) is 9.59 Å². The van der Waals surface area contributed by atoms with Gasteiger partial charge in [0.25, 0.3) is 11.8 Å². The molecule has 5 heteroatoms. The number of unbranched alkanes of at least 4 members (excludes halogenated alkanes) is 2. The molecule has 3 rings (SSSR count). The summed E-state index contributed by atoms with van der Waals surface area (Å²) in [6.07, 6.45) is 3.17. The van der Waals surface area contributed by atoms with Gasteiger partial charge in [-0.2, -0.15) is 0 Å². The topological polar surface area (TPSA) is 58.6 Å². The highest BCUT2D eigenvalue weighted by molar-refractivity contribution is 6.08. The summed E-state index contributed by atoms with van der Waals surface area (Å²) in [7, 11) is 1.74. The molecule has 0 unspecified atom stereocenters. The smallest absolute Gasteiger partial charge is 0.259 e. The zero-order valence-corrected chi connectivity index (χ0v) is 18.0. The fraction of sp³-hybridized carbons (Fsp3) is 0.231. The van der Waals surface area contributed by atoms with Crippen LogP contribution in [0, 0.1) is 0 Å². The lowest BCUT2D eigenvalue weighted by Gasteiger charge is -2.17. The lowest BCUT2D eigenvalue weighted by molar-refractivity contribution is 0.0991. The zero-order chi connectivity index (χ0) is 22.1. The first-order valence-electron chi connectivity index (χ1n) is 10.6. The minimum absolute atomic E-state index is 0.116. The largest absolute Gasteiger partial charge is 0.493 e. The third-order valence-corrected chi connectivity index (χ3v) is 4.97. The third-order valence-electron chi connectivity index (χ3n) is 4.97. The fourth-order valence-corrected chi connectivity index (χ4v) is 3.17. The van der Waals surface area contributed by atoms with Crippen LogP contribution in [0.3, 0.4) is 0 Å². The van der Waals surface area contributed by atoms with Gasteiger partial charge >= 0.3 is 0 Å². The normalized spacial score (nSPS) is 10.4. The van der Waals surface area contributed by atoms with E-state index in [4.69, 9.17) is 4.74 Å². The Hall–Kier alpha value is -3.60.